The Kier molecular flexibility index (Phi) is 2.77. The van der Waals surface area contributed by atoms with Gasteiger partial charge in [0.2, 0.25) is 0 Å². The van der Waals surface area contributed by atoms with Gasteiger partial charge >= 0.3 is 5.97 Å². The van der Waals surface area contributed by atoms with Crippen LogP contribution in [0.25, 0.3) is 0 Å². The average molecular weight is 198 g/mol. The van der Waals surface area contributed by atoms with Gasteiger partial charge in [0.15, 0.2) is 0 Å². The number of hydrogen-bond acceptors (Lipinski definition) is 3. The molecule has 0 heterocycles. The lowest BCUT2D eigenvalue weighted by molar-refractivity contribution is -0.146. The van der Waals surface area contributed by atoms with E-state index in [9.17, 15) is 4.79 Å². The molecule has 1 N–H and O–H groups in total. The monoisotopic (exact) mass is 198 g/mol. The van der Waals surface area contributed by atoms with Crippen LogP contribution in [0.4, 0.5) is 0 Å². The van der Waals surface area contributed by atoms with E-state index in [0.29, 0.717) is 17.8 Å². The highest BCUT2D eigenvalue weighted by molar-refractivity contribution is 5.73. The molecular formula is C11H18O3. The second kappa shape index (κ2) is 3.89. The number of carbonyl (C=O) groups is 1. The fourth-order valence-electron chi connectivity index (χ4n) is 3.28. The number of methoxy groups -OCH3 is 1. The molecule has 3 heteroatoms. The Morgan fingerprint density at radius 3 is 2.79 bits per heavy atom. The van der Waals surface area contributed by atoms with Crippen LogP contribution in [0.2, 0.25) is 0 Å². The SMILES string of the molecule is COC(=O)[C@@H]1CC2CC1C[C@@H](CO)C2. The Balaban J connectivity index is 2.02. The molecule has 2 rings (SSSR count). The van der Waals surface area contributed by atoms with Crippen LogP contribution in [0.5, 0.6) is 0 Å². The lowest BCUT2D eigenvalue weighted by Gasteiger charge is -2.26. The summed E-state index contributed by atoms with van der Waals surface area (Å²) in [7, 11) is 1.47. The van der Waals surface area contributed by atoms with Crippen LogP contribution in [-0.4, -0.2) is 24.8 Å². The molecular weight excluding hydrogens is 180 g/mol. The summed E-state index contributed by atoms with van der Waals surface area (Å²) in [6, 6.07) is 0. The molecule has 0 amide bonds. The van der Waals surface area contributed by atoms with Crippen molar-refractivity contribution >= 4 is 5.97 Å². The van der Waals surface area contributed by atoms with Gasteiger partial charge in [-0.05, 0) is 43.4 Å². The summed E-state index contributed by atoms with van der Waals surface area (Å²) in [5, 5.41) is 9.12. The first-order chi connectivity index (χ1) is 6.74. The highest BCUT2D eigenvalue weighted by Crippen LogP contribution is 2.48. The van der Waals surface area contributed by atoms with Gasteiger partial charge in [0.1, 0.15) is 0 Å². The number of rotatable bonds is 2. The zero-order valence-corrected chi connectivity index (χ0v) is 8.61. The Hall–Kier alpha value is -0.570. The number of carbonyl (C=O) groups excluding carboxylic acids is 1. The molecule has 0 saturated heterocycles. The van der Waals surface area contributed by atoms with E-state index in [1.165, 1.54) is 7.11 Å². The molecule has 2 fully saturated rings. The minimum absolute atomic E-state index is 0.0453. The number of aliphatic hydroxyl groups excluding tert-OH is 1. The summed E-state index contributed by atoms with van der Waals surface area (Å²) in [5.41, 5.74) is 0. The third kappa shape index (κ3) is 1.65. The van der Waals surface area contributed by atoms with Crippen LogP contribution in [0.3, 0.4) is 0 Å². The van der Waals surface area contributed by atoms with Crippen LogP contribution >= 0.6 is 0 Å². The predicted octanol–water partition coefficient (Wildman–Crippen LogP) is 1.20. The van der Waals surface area contributed by atoms with Gasteiger partial charge in [-0.3, -0.25) is 4.79 Å². The molecule has 0 aromatic carbocycles. The van der Waals surface area contributed by atoms with Crippen LogP contribution in [0.1, 0.15) is 25.7 Å². The largest absolute Gasteiger partial charge is 0.469 e. The number of esters is 1. The summed E-state index contributed by atoms with van der Waals surface area (Å²) < 4.78 is 4.81. The van der Waals surface area contributed by atoms with Crippen molar-refractivity contribution < 1.29 is 14.6 Å². The van der Waals surface area contributed by atoms with Gasteiger partial charge in [0.25, 0.3) is 0 Å². The lowest BCUT2D eigenvalue weighted by atomic mass is 9.80. The Labute approximate surface area is 84.4 Å². The van der Waals surface area contributed by atoms with E-state index in [-0.39, 0.29) is 18.5 Å². The molecule has 0 aliphatic heterocycles. The van der Waals surface area contributed by atoms with Crippen molar-refractivity contribution in [3.63, 3.8) is 0 Å². The second-order valence-electron chi connectivity index (χ2n) is 4.75. The van der Waals surface area contributed by atoms with Crippen molar-refractivity contribution in [1.29, 1.82) is 0 Å². The van der Waals surface area contributed by atoms with Crippen LogP contribution in [0.15, 0.2) is 0 Å². The van der Waals surface area contributed by atoms with Gasteiger partial charge in [-0.1, -0.05) is 0 Å². The van der Waals surface area contributed by atoms with Gasteiger partial charge in [0.05, 0.1) is 13.0 Å². The summed E-state index contributed by atoms with van der Waals surface area (Å²) >= 11 is 0. The maximum Gasteiger partial charge on any atom is 0.308 e. The average Bonchev–Trinajstić information content (AvgIpc) is 2.52. The molecule has 14 heavy (non-hydrogen) atoms. The van der Waals surface area contributed by atoms with Crippen molar-refractivity contribution in [2.24, 2.45) is 23.7 Å². The van der Waals surface area contributed by atoms with E-state index in [2.05, 4.69) is 0 Å². The summed E-state index contributed by atoms with van der Waals surface area (Å²) in [6.07, 6.45) is 4.25. The highest BCUT2D eigenvalue weighted by Gasteiger charge is 2.44. The standard InChI is InChI=1S/C11H18O3/c1-14-11(13)10-5-7-2-8(6-12)4-9(10)3-7/h7-10,12H,2-6H2,1H3/t7?,8-,9?,10+/m0/s1. The number of fused-ring (bicyclic) bond motifs is 2. The first kappa shape index (κ1) is 9.97. The fourth-order valence-corrected chi connectivity index (χ4v) is 3.28. The van der Waals surface area contributed by atoms with Gasteiger partial charge in [0, 0.05) is 6.61 Å². The predicted molar refractivity (Wildman–Crippen MR) is 51.5 cm³/mol. The Morgan fingerprint density at radius 1 is 1.36 bits per heavy atom. The summed E-state index contributed by atoms with van der Waals surface area (Å²) in [6.45, 7) is 0.279. The zero-order chi connectivity index (χ0) is 10.1. The van der Waals surface area contributed by atoms with Crippen molar-refractivity contribution in [2.75, 3.05) is 13.7 Å². The maximum absolute atomic E-state index is 11.5. The van der Waals surface area contributed by atoms with Crippen molar-refractivity contribution in [3.05, 3.63) is 0 Å². The molecule has 2 saturated carbocycles. The van der Waals surface area contributed by atoms with Crippen LogP contribution < -0.4 is 0 Å². The normalized spacial score (nSPS) is 41.0. The van der Waals surface area contributed by atoms with E-state index < -0.39 is 0 Å². The Bertz CT molecular complexity index is 227. The molecule has 2 unspecified atom stereocenters. The van der Waals surface area contributed by atoms with Crippen LogP contribution in [-0.2, 0) is 9.53 Å². The topological polar surface area (TPSA) is 46.5 Å². The van der Waals surface area contributed by atoms with Gasteiger partial charge in [-0.25, -0.2) is 0 Å². The third-order valence-corrected chi connectivity index (χ3v) is 3.86. The van der Waals surface area contributed by atoms with Gasteiger partial charge in [-0.2, -0.15) is 0 Å². The molecule has 2 bridgehead atoms. The third-order valence-electron chi connectivity index (χ3n) is 3.86. The molecule has 80 valence electrons. The Morgan fingerprint density at radius 2 is 2.14 bits per heavy atom. The second-order valence-corrected chi connectivity index (χ2v) is 4.75. The molecule has 2 aliphatic rings. The van der Waals surface area contributed by atoms with E-state index in [1.54, 1.807) is 0 Å². The first-order valence-electron chi connectivity index (χ1n) is 5.43. The van der Waals surface area contributed by atoms with Gasteiger partial charge in [-0.15, -0.1) is 0 Å². The molecule has 4 atom stereocenters. The molecule has 2 aliphatic carbocycles. The molecule has 0 aromatic heterocycles. The smallest absolute Gasteiger partial charge is 0.308 e. The van der Waals surface area contributed by atoms with Crippen molar-refractivity contribution in [3.8, 4) is 0 Å². The quantitative estimate of drug-likeness (QED) is 0.678. The van der Waals surface area contributed by atoms with E-state index in [0.717, 1.165) is 25.7 Å². The van der Waals surface area contributed by atoms with E-state index in [4.69, 9.17) is 9.84 Å². The molecule has 3 nitrogen and oxygen atoms in total. The highest BCUT2D eigenvalue weighted by atomic mass is 16.5. The van der Waals surface area contributed by atoms with Crippen LogP contribution in [0, 0.1) is 23.7 Å². The number of hydrogen-bond donors (Lipinski definition) is 1. The molecule has 0 spiro atoms. The lowest BCUT2D eigenvalue weighted by Crippen LogP contribution is -2.24. The molecule has 0 aromatic rings. The van der Waals surface area contributed by atoms with Gasteiger partial charge < -0.3 is 9.84 Å². The minimum atomic E-state index is -0.0453. The minimum Gasteiger partial charge on any atom is -0.469 e. The number of ether oxygens (including phenoxy) is 1. The van der Waals surface area contributed by atoms with Crippen molar-refractivity contribution in [1.82, 2.24) is 0 Å². The summed E-state index contributed by atoms with van der Waals surface area (Å²) in [4.78, 5) is 11.5. The molecule has 0 radical (unpaired) electrons. The summed E-state index contributed by atoms with van der Waals surface area (Å²) in [5.74, 6) is 1.61. The maximum atomic E-state index is 11.5. The first-order valence-corrected chi connectivity index (χ1v) is 5.43. The zero-order valence-electron chi connectivity index (χ0n) is 8.61. The van der Waals surface area contributed by atoms with Crippen molar-refractivity contribution in [2.45, 2.75) is 25.7 Å². The number of aliphatic hydroxyl groups is 1. The fraction of sp³-hybridized carbons (Fsp3) is 0.909. The van der Waals surface area contributed by atoms with E-state index >= 15 is 0 Å². The van der Waals surface area contributed by atoms with E-state index in [1.807, 2.05) is 0 Å².